The lowest BCUT2D eigenvalue weighted by Gasteiger charge is -2.40. The molecule has 0 bridgehead atoms. The van der Waals surface area contributed by atoms with Crippen LogP contribution in [-0.2, 0) is 17.1 Å². The molecule has 1 saturated heterocycles. The van der Waals surface area contributed by atoms with Gasteiger partial charge in [-0.1, -0.05) is 30.9 Å². The van der Waals surface area contributed by atoms with Crippen molar-refractivity contribution in [3.63, 3.8) is 0 Å². The first-order valence-electron chi connectivity index (χ1n) is 7.17. The Labute approximate surface area is 125 Å². The molecule has 0 N–H and O–H groups in total. The molecule has 112 valence electrons. The molecule has 2 heterocycles. The lowest BCUT2D eigenvalue weighted by atomic mass is 9.76. The van der Waals surface area contributed by atoms with E-state index in [1.54, 1.807) is 11.4 Å². The molecular weight excluding hydrogens is 298 g/mol. The van der Waals surface area contributed by atoms with Crippen LogP contribution in [0.2, 0.25) is 5.15 Å². The summed E-state index contributed by atoms with van der Waals surface area (Å²) in [6.45, 7) is 1.22. The molecule has 2 fully saturated rings. The summed E-state index contributed by atoms with van der Waals surface area (Å²) in [5.74, 6) is 1.21. The van der Waals surface area contributed by atoms with Gasteiger partial charge in [0.05, 0.1) is 6.33 Å². The monoisotopic (exact) mass is 317 g/mol. The third-order valence-corrected chi connectivity index (χ3v) is 7.03. The van der Waals surface area contributed by atoms with Crippen LogP contribution in [-0.4, -0.2) is 35.4 Å². The van der Waals surface area contributed by atoms with Crippen molar-refractivity contribution in [2.24, 2.45) is 18.9 Å². The van der Waals surface area contributed by atoms with Crippen LogP contribution < -0.4 is 0 Å². The van der Waals surface area contributed by atoms with Crippen LogP contribution in [0.3, 0.4) is 0 Å². The van der Waals surface area contributed by atoms with E-state index in [1.165, 1.54) is 30.2 Å². The highest BCUT2D eigenvalue weighted by molar-refractivity contribution is 7.89. The van der Waals surface area contributed by atoms with Gasteiger partial charge in [-0.2, -0.15) is 4.31 Å². The summed E-state index contributed by atoms with van der Waals surface area (Å²) in [6, 6.07) is 0. The van der Waals surface area contributed by atoms with E-state index in [9.17, 15) is 8.42 Å². The number of piperidine rings is 1. The molecule has 3 rings (SSSR count). The normalized spacial score (nSPS) is 28.3. The molecule has 0 amide bonds. The van der Waals surface area contributed by atoms with Gasteiger partial charge in [0.15, 0.2) is 0 Å². The Kier molecular flexibility index (Phi) is 3.81. The standard InChI is InChI=1S/C13H20ClN3O2S/c1-16-9-15-13(12(16)14)20(18,19)17-7-6-10-4-2-3-5-11(10)8-17/h9-11H,2-8H2,1H3/t10-,11+/m1/s1. The number of imidazole rings is 1. The van der Waals surface area contributed by atoms with Crippen molar-refractivity contribution >= 4 is 21.6 Å². The van der Waals surface area contributed by atoms with Crippen LogP contribution in [0, 0.1) is 11.8 Å². The summed E-state index contributed by atoms with van der Waals surface area (Å²) < 4.78 is 28.4. The van der Waals surface area contributed by atoms with Gasteiger partial charge in [-0.25, -0.2) is 13.4 Å². The number of hydrogen-bond donors (Lipinski definition) is 0. The number of fused-ring (bicyclic) bond motifs is 1. The number of aryl methyl sites for hydroxylation is 1. The maximum Gasteiger partial charge on any atom is 0.263 e. The predicted molar refractivity (Wildman–Crippen MR) is 77.0 cm³/mol. The van der Waals surface area contributed by atoms with Crippen molar-refractivity contribution in [3.8, 4) is 0 Å². The summed E-state index contributed by atoms with van der Waals surface area (Å²) in [5, 5.41) is 0.187. The fourth-order valence-electron chi connectivity index (χ4n) is 3.47. The quantitative estimate of drug-likeness (QED) is 0.841. The van der Waals surface area contributed by atoms with Crippen LogP contribution >= 0.6 is 11.6 Å². The summed E-state index contributed by atoms with van der Waals surface area (Å²) >= 11 is 6.04. The molecule has 0 unspecified atom stereocenters. The topological polar surface area (TPSA) is 55.2 Å². The van der Waals surface area contributed by atoms with Gasteiger partial charge in [0, 0.05) is 20.1 Å². The largest absolute Gasteiger partial charge is 0.324 e. The van der Waals surface area contributed by atoms with Gasteiger partial charge in [0.25, 0.3) is 10.0 Å². The number of nitrogens with zero attached hydrogens (tertiary/aromatic N) is 3. The maximum atomic E-state index is 12.7. The first-order valence-corrected chi connectivity index (χ1v) is 8.99. The molecule has 0 radical (unpaired) electrons. The Hall–Kier alpha value is -0.590. The Morgan fingerprint density at radius 2 is 1.95 bits per heavy atom. The highest BCUT2D eigenvalue weighted by Crippen LogP contribution is 2.38. The molecule has 2 aliphatic rings. The van der Waals surface area contributed by atoms with E-state index < -0.39 is 10.0 Å². The molecule has 7 heteroatoms. The zero-order chi connectivity index (χ0) is 14.3. The SMILES string of the molecule is Cn1cnc(S(=O)(=O)N2CC[C@H]3CCCC[C@H]3C2)c1Cl. The third kappa shape index (κ3) is 2.38. The average molecular weight is 318 g/mol. The van der Waals surface area contributed by atoms with Crippen molar-refractivity contribution in [3.05, 3.63) is 11.5 Å². The molecule has 1 aromatic rings. The first kappa shape index (κ1) is 14.4. The molecule has 1 aromatic heterocycles. The summed E-state index contributed by atoms with van der Waals surface area (Å²) in [5.41, 5.74) is 0. The van der Waals surface area contributed by atoms with E-state index in [1.807, 2.05) is 0 Å². The van der Waals surface area contributed by atoms with Crippen LogP contribution in [0.4, 0.5) is 0 Å². The summed E-state index contributed by atoms with van der Waals surface area (Å²) in [7, 11) is -1.86. The Morgan fingerprint density at radius 1 is 1.25 bits per heavy atom. The van der Waals surface area contributed by atoms with Gasteiger partial charge in [-0.3, -0.25) is 0 Å². The van der Waals surface area contributed by atoms with Crippen LogP contribution in [0.25, 0.3) is 0 Å². The fourth-order valence-corrected chi connectivity index (χ4v) is 5.38. The van der Waals surface area contributed by atoms with Gasteiger partial charge < -0.3 is 4.57 Å². The van der Waals surface area contributed by atoms with Gasteiger partial charge in [0.2, 0.25) is 5.03 Å². The van der Waals surface area contributed by atoms with Gasteiger partial charge in [-0.05, 0) is 24.7 Å². The number of aromatic nitrogens is 2. The van der Waals surface area contributed by atoms with E-state index in [0.717, 1.165) is 12.8 Å². The molecule has 2 atom stereocenters. The number of halogens is 1. The lowest BCUT2D eigenvalue weighted by Crippen LogP contribution is -2.44. The minimum Gasteiger partial charge on any atom is -0.324 e. The van der Waals surface area contributed by atoms with E-state index in [2.05, 4.69) is 4.98 Å². The fraction of sp³-hybridized carbons (Fsp3) is 0.769. The molecule has 1 aliphatic heterocycles. The Balaban J connectivity index is 1.83. The molecule has 0 aromatic carbocycles. The Bertz CT molecular complexity index is 599. The zero-order valence-electron chi connectivity index (χ0n) is 11.6. The van der Waals surface area contributed by atoms with Crippen molar-refractivity contribution in [1.29, 1.82) is 0 Å². The zero-order valence-corrected chi connectivity index (χ0v) is 13.2. The van der Waals surface area contributed by atoms with Crippen molar-refractivity contribution in [2.45, 2.75) is 37.1 Å². The van der Waals surface area contributed by atoms with E-state index in [0.29, 0.717) is 24.9 Å². The number of hydrogen-bond acceptors (Lipinski definition) is 3. The minimum absolute atomic E-state index is 0.00377. The number of rotatable bonds is 2. The first-order chi connectivity index (χ1) is 9.50. The Morgan fingerprint density at radius 3 is 2.60 bits per heavy atom. The van der Waals surface area contributed by atoms with Crippen LogP contribution in [0.5, 0.6) is 0 Å². The van der Waals surface area contributed by atoms with E-state index in [4.69, 9.17) is 11.6 Å². The summed E-state index contributed by atoms with van der Waals surface area (Å²) in [4.78, 5) is 3.97. The van der Waals surface area contributed by atoms with Gasteiger partial charge in [0.1, 0.15) is 5.15 Å². The minimum atomic E-state index is -3.55. The van der Waals surface area contributed by atoms with Gasteiger partial charge in [-0.15, -0.1) is 0 Å². The van der Waals surface area contributed by atoms with Crippen LogP contribution in [0.15, 0.2) is 11.4 Å². The molecule has 1 saturated carbocycles. The molecular formula is C13H20ClN3O2S. The van der Waals surface area contributed by atoms with Crippen LogP contribution in [0.1, 0.15) is 32.1 Å². The molecule has 1 aliphatic carbocycles. The van der Waals surface area contributed by atoms with Crippen molar-refractivity contribution < 1.29 is 8.42 Å². The maximum absolute atomic E-state index is 12.7. The highest BCUT2D eigenvalue weighted by Gasteiger charge is 2.38. The van der Waals surface area contributed by atoms with Gasteiger partial charge >= 0.3 is 0 Å². The second kappa shape index (κ2) is 5.31. The number of sulfonamides is 1. The average Bonchev–Trinajstić information content (AvgIpc) is 2.79. The third-order valence-electron chi connectivity index (χ3n) is 4.67. The predicted octanol–water partition coefficient (Wildman–Crippen LogP) is 2.27. The smallest absolute Gasteiger partial charge is 0.263 e. The second-order valence-electron chi connectivity index (χ2n) is 5.91. The van der Waals surface area contributed by atoms with Crippen molar-refractivity contribution in [1.82, 2.24) is 13.9 Å². The van der Waals surface area contributed by atoms with E-state index in [-0.39, 0.29) is 10.2 Å². The van der Waals surface area contributed by atoms with E-state index >= 15 is 0 Å². The molecule has 20 heavy (non-hydrogen) atoms. The molecule has 0 spiro atoms. The van der Waals surface area contributed by atoms with Crippen molar-refractivity contribution in [2.75, 3.05) is 13.1 Å². The molecule has 5 nitrogen and oxygen atoms in total. The summed E-state index contributed by atoms with van der Waals surface area (Å²) in [6.07, 6.45) is 7.33. The second-order valence-corrected chi connectivity index (χ2v) is 8.12. The lowest BCUT2D eigenvalue weighted by molar-refractivity contribution is 0.136. The highest BCUT2D eigenvalue weighted by atomic mass is 35.5.